The highest BCUT2D eigenvalue weighted by atomic mass is 79.9. The van der Waals surface area contributed by atoms with Gasteiger partial charge in [-0.15, -0.1) is 0 Å². The molecule has 0 bridgehead atoms. The van der Waals surface area contributed by atoms with E-state index in [0.29, 0.717) is 6.42 Å². The Morgan fingerprint density at radius 3 is 2.30 bits per heavy atom. The molecule has 3 N–H and O–H groups in total. The molecule has 1 amide bonds. The fraction of sp³-hybridized carbons (Fsp3) is 0.421. The molecule has 2 aromatic rings. The highest BCUT2D eigenvalue weighted by molar-refractivity contribution is 9.10. The molecule has 182 valence electrons. The van der Waals surface area contributed by atoms with Crippen LogP contribution in [-0.4, -0.2) is 60.2 Å². The van der Waals surface area contributed by atoms with E-state index in [4.69, 9.17) is 9.90 Å². The van der Waals surface area contributed by atoms with Crippen LogP contribution in [0.1, 0.15) is 34.9 Å². The lowest BCUT2D eigenvalue weighted by molar-refractivity contribution is -0.192. The van der Waals surface area contributed by atoms with Crippen LogP contribution in [-0.2, 0) is 21.2 Å². The predicted octanol–water partition coefficient (Wildman–Crippen LogP) is 2.51. The Morgan fingerprint density at radius 1 is 1.18 bits per heavy atom. The number of aromatic nitrogens is 2. The molecule has 0 unspecified atom stereocenters. The number of hydrogen-bond donors (Lipinski definition) is 3. The summed E-state index contributed by atoms with van der Waals surface area (Å²) in [6.45, 7) is 1.83. The highest BCUT2D eigenvalue weighted by Gasteiger charge is 2.38. The van der Waals surface area contributed by atoms with E-state index in [1.807, 2.05) is 24.3 Å². The summed E-state index contributed by atoms with van der Waals surface area (Å²) < 4.78 is 60.9. The zero-order valence-electron chi connectivity index (χ0n) is 17.2. The number of halogens is 4. The van der Waals surface area contributed by atoms with Gasteiger partial charge in [0.15, 0.2) is 5.69 Å². The summed E-state index contributed by atoms with van der Waals surface area (Å²) in [5.74, 6) is -3.60. The molecule has 1 aliphatic heterocycles. The first-order valence-corrected chi connectivity index (χ1v) is 12.2. The SMILES string of the molecule is O=C(NS(=O)(=O)CCc1ccc(Br)cc1)c1ccn(C2CCNCC2)n1.O=C(O)C(F)(F)F. The van der Waals surface area contributed by atoms with E-state index in [0.717, 1.165) is 36.0 Å². The molecule has 2 heterocycles. The molecule has 0 saturated carbocycles. The number of carbonyl (C=O) groups is 2. The largest absolute Gasteiger partial charge is 0.490 e. The van der Waals surface area contributed by atoms with Crippen molar-refractivity contribution in [1.82, 2.24) is 19.8 Å². The molecule has 0 aliphatic carbocycles. The van der Waals surface area contributed by atoms with Crippen molar-refractivity contribution in [3.63, 3.8) is 0 Å². The molecule has 1 aliphatic rings. The third kappa shape index (κ3) is 9.14. The van der Waals surface area contributed by atoms with E-state index in [9.17, 15) is 26.4 Å². The third-order valence-corrected chi connectivity index (χ3v) is 6.35. The van der Waals surface area contributed by atoms with E-state index in [2.05, 4.69) is 31.1 Å². The smallest absolute Gasteiger partial charge is 0.475 e. The minimum atomic E-state index is -5.08. The van der Waals surface area contributed by atoms with Gasteiger partial charge in [0.05, 0.1) is 11.8 Å². The van der Waals surface area contributed by atoms with Gasteiger partial charge in [0.25, 0.3) is 5.91 Å². The summed E-state index contributed by atoms with van der Waals surface area (Å²) in [5.41, 5.74) is 1.01. The number of amides is 1. The van der Waals surface area contributed by atoms with E-state index < -0.39 is 28.1 Å². The van der Waals surface area contributed by atoms with Crippen LogP contribution < -0.4 is 10.0 Å². The Hall–Kier alpha value is -2.45. The number of sulfonamides is 1. The van der Waals surface area contributed by atoms with Gasteiger partial charge >= 0.3 is 12.1 Å². The number of carboxylic acids is 1. The highest BCUT2D eigenvalue weighted by Crippen LogP contribution is 2.18. The minimum Gasteiger partial charge on any atom is -0.475 e. The molecule has 0 radical (unpaired) electrons. The van der Waals surface area contributed by atoms with Gasteiger partial charge in [0, 0.05) is 10.7 Å². The summed E-state index contributed by atoms with van der Waals surface area (Å²) in [6.07, 6.45) is -1.14. The van der Waals surface area contributed by atoms with Gasteiger partial charge in [-0.25, -0.2) is 17.9 Å². The zero-order valence-corrected chi connectivity index (χ0v) is 19.6. The number of rotatable bonds is 6. The van der Waals surface area contributed by atoms with E-state index in [1.54, 1.807) is 16.9 Å². The second kappa shape index (κ2) is 11.6. The van der Waals surface area contributed by atoms with Crippen molar-refractivity contribution >= 4 is 37.8 Å². The fourth-order valence-corrected chi connectivity index (χ4v) is 4.14. The third-order valence-electron chi connectivity index (χ3n) is 4.59. The van der Waals surface area contributed by atoms with Gasteiger partial charge in [0.2, 0.25) is 10.0 Å². The Morgan fingerprint density at radius 2 is 1.76 bits per heavy atom. The van der Waals surface area contributed by atoms with Gasteiger partial charge in [-0.1, -0.05) is 28.1 Å². The number of aliphatic carboxylic acids is 1. The topological polar surface area (TPSA) is 130 Å². The molecule has 9 nitrogen and oxygen atoms in total. The van der Waals surface area contributed by atoms with Crippen LogP contribution in [0.2, 0.25) is 0 Å². The predicted molar refractivity (Wildman–Crippen MR) is 116 cm³/mol. The molecule has 1 saturated heterocycles. The lowest BCUT2D eigenvalue weighted by atomic mass is 10.1. The maximum Gasteiger partial charge on any atom is 0.490 e. The second-order valence-electron chi connectivity index (χ2n) is 7.09. The average Bonchev–Trinajstić information content (AvgIpc) is 3.24. The van der Waals surface area contributed by atoms with E-state index in [1.165, 1.54) is 0 Å². The van der Waals surface area contributed by atoms with Gasteiger partial charge in [-0.2, -0.15) is 18.3 Å². The van der Waals surface area contributed by atoms with Crippen LogP contribution in [0.3, 0.4) is 0 Å². The molecule has 14 heteroatoms. The average molecular weight is 555 g/mol. The fourth-order valence-electron chi connectivity index (χ4n) is 2.88. The van der Waals surface area contributed by atoms with Gasteiger partial charge in [0.1, 0.15) is 0 Å². The molecule has 1 fully saturated rings. The maximum absolute atomic E-state index is 12.2. The molecule has 3 rings (SSSR count). The van der Waals surface area contributed by atoms with Crippen LogP contribution in [0.25, 0.3) is 0 Å². The van der Waals surface area contributed by atoms with Crippen molar-refractivity contribution in [2.45, 2.75) is 31.5 Å². The lowest BCUT2D eigenvalue weighted by Gasteiger charge is -2.22. The van der Waals surface area contributed by atoms with Gasteiger partial charge < -0.3 is 10.4 Å². The van der Waals surface area contributed by atoms with Crippen LogP contribution in [0.4, 0.5) is 13.2 Å². The number of piperidine rings is 1. The second-order valence-corrected chi connectivity index (χ2v) is 9.85. The van der Waals surface area contributed by atoms with Crippen LogP contribution >= 0.6 is 15.9 Å². The first-order valence-electron chi connectivity index (χ1n) is 9.72. The van der Waals surface area contributed by atoms with E-state index >= 15 is 0 Å². The number of alkyl halides is 3. The molecule has 0 spiro atoms. The van der Waals surface area contributed by atoms with Crippen LogP contribution in [0.15, 0.2) is 41.0 Å². The maximum atomic E-state index is 12.2. The first-order chi connectivity index (χ1) is 15.4. The number of nitrogens with zero attached hydrogens (tertiary/aromatic N) is 2. The molecular formula is C19H22BrF3N4O5S. The first kappa shape index (κ1) is 26.8. The summed E-state index contributed by atoms with van der Waals surface area (Å²) >= 11 is 3.34. The number of nitrogens with one attached hydrogen (secondary N) is 2. The van der Waals surface area contributed by atoms with Crippen molar-refractivity contribution in [3.05, 3.63) is 52.3 Å². The monoisotopic (exact) mass is 554 g/mol. The molecular weight excluding hydrogens is 533 g/mol. The van der Waals surface area contributed by atoms with Gasteiger partial charge in [-0.3, -0.25) is 9.48 Å². The van der Waals surface area contributed by atoms with E-state index in [-0.39, 0.29) is 17.5 Å². The lowest BCUT2D eigenvalue weighted by Crippen LogP contribution is -2.34. The molecule has 1 aromatic heterocycles. The zero-order chi connectivity index (χ0) is 24.6. The van der Waals surface area contributed by atoms with Crippen molar-refractivity contribution in [2.24, 2.45) is 0 Å². The number of aryl methyl sites for hydroxylation is 1. The Balaban J connectivity index is 0.000000479. The summed E-state index contributed by atoms with van der Waals surface area (Å²) in [7, 11) is -3.72. The van der Waals surface area contributed by atoms with Gasteiger partial charge in [-0.05, 0) is 56.1 Å². The van der Waals surface area contributed by atoms with Crippen molar-refractivity contribution in [3.8, 4) is 0 Å². The minimum absolute atomic E-state index is 0.121. The Kier molecular flexibility index (Phi) is 9.43. The van der Waals surface area contributed by atoms with Crippen LogP contribution in [0.5, 0.6) is 0 Å². The number of benzene rings is 1. The summed E-state index contributed by atoms with van der Waals surface area (Å²) in [4.78, 5) is 21.1. The van der Waals surface area contributed by atoms with Crippen LogP contribution in [0, 0.1) is 0 Å². The number of carbonyl (C=O) groups excluding carboxylic acids is 1. The summed E-state index contributed by atoms with van der Waals surface area (Å²) in [5, 5.41) is 14.7. The molecule has 0 atom stereocenters. The van der Waals surface area contributed by atoms with Crippen molar-refractivity contribution in [1.29, 1.82) is 0 Å². The molecule has 33 heavy (non-hydrogen) atoms. The number of hydrogen-bond acceptors (Lipinski definition) is 6. The standard InChI is InChI=1S/C17H21BrN4O3S.C2HF3O2/c18-14-3-1-13(2-4-14)8-12-26(24,25)21-17(23)16-7-11-22(20-16)15-5-9-19-10-6-15;3-2(4,5)1(6)7/h1-4,7,11,15,19H,5-6,8-10,12H2,(H,21,23);(H,6,7). The summed E-state index contributed by atoms with van der Waals surface area (Å²) in [6, 6.07) is 9.21. The molecule has 1 aromatic carbocycles. The Bertz CT molecular complexity index is 1050. The normalized spacial score (nSPS) is 14.8. The quantitative estimate of drug-likeness (QED) is 0.500. The van der Waals surface area contributed by atoms with Crippen molar-refractivity contribution in [2.75, 3.05) is 18.8 Å². The Labute approximate surface area is 196 Å². The van der Waals surface area contributed by atoms with Crippen molar-refractivity contribution < 1.29 is 36.3 Å². The number of carboxylic acid groups (broad SMARTS) is 1.